The van der Waals surface area contributed by atoms with Gasteiger partial charge in [0.15, 0.2) is 10.8 Å². The fourth-order valence-electron chi connectivity index (χ4n) is 3.59. The summed E-state index contributed by atoms with van der Waals surface area (Å²) in [7, 11) is 0. The van der Waals surface area contributed by atoms with E-state index in [-0.39, 0.29) is 22.2 Å². The molecule has 0 bridgehead atoms. The second kappa shape index (κ2) is 7.13. The molecule has 5 nitrogen and oxygen atoms in total. The second-order valence-corrected chi connectivity index (χ2v) is 8.53. The number of nitrogens with zero attached hydrogens (tertiary/aromatic N) is 3. The molecule has 4 rings (SSSR count). The summed E-state index contributed by atoms with van der Waals surface area (Å²) >= 11 is 7.19. The highest BCUT2D eigenvalue weighted by atomic mass is 35.5. The smallest absolute Gasteiger partial charge is 0.252 e. The number of carbonyl (C=O) groups excluding carboxylic acids is 1. The van der Waals surface area contributed by atoms with Crippen LogP contribution in [-0.4, -0.2) is 32.3 Å². The van der Waals surface area contributed by atoms with E-state index in [1.54, 1.807) is 0 Å². The van der Waals surface area contributed by atoms with Gasteiger partial charge in [-0.05, 0) is 25.0 Å². The van der Waals surface area contributed by atoms with Gasteiger partial charge >= 0.3 is 0 Å². The van der Waals surface area contributed by atoms with Crippen LogP contribution in [0, 0.1) is 11.7 Å². The zero-order valence-electron chi connectivity index (χ0n) is 14.5. The Morgan fingerprint density at radius 2 is 2.21 bits per heavy atom. The van der Waals surface area contributed by atoms with Crippen molar-refractivity contribution in [3.05, 3.63) is 39.7 Å². The Kier molecular flexibility index (Phi) is 4.93. The molecule has 3 aromatic heterocycles. The van der Waals surface area contributed by atoms with Crippen LogP contribution in [0.25, 0.3) is 16.8 Å². The van der Waals surface area contributed by atoms with Crippen molar-refractivity contribution >= 4 is 34.2 Å². The lowest BCUT2D eigenvalue weighted by Gasteiger charge is -2.35. The van der Waals surface area contributed by atoms with Crippen LogP contribution in [-0.2, 0) is 0 Å². The van der Waals surface area contributed by atoms with Gasteiger partial charge in [-0.15, -0.1) is 0 Å². The van der Waals surface area contributed by atoms with Crippen LogP contribution < -0.4 is 5.73 Å². The molecule has 2 atom stereocenters. The summed E-state index contributed by atoms with van der Waals surface area (Å²) in [6, 6.07) is 2.08. The minimum absolute atomic E-state index is 0.0510. The topological polar surface area (TPSA) is 73.3 Å². The summed E-state index contributed by atoms with van der Waals surface area (Å²) in [5, 5.41) is 4.11. The van der Waals surface area contributed by atoms with E-state index >= 15 is 0 Å². The van der Waals surface area contributed by atoms with Gasteiger partial charge in [0.2, 0.25) is 0 Å². The van der Waals surface area contributed by atoms with Crippen LogP contribution in [0.2, 0.25) is 4.34 Å². The Hall–Kier alpha value is -1.97. The highest BCUT2D eigenvalue weighted by Gasteiger charge is 2.46. The van der Waals surface area contributed by atoms with Crippen molar-refractivity contribution in [3.63, 3.8) is 0 Å². The molecule has 0 radical (unpaired) electrons. The number of Topliss-reactive ketones (excluding diaryl/α,β-unsaturated/α-hetero) is 1. The molecular formula is C18H16ClF3N4OS. The fourth-order valence-corrected chi connectivity index (χ4v) is 4.71. The van der Waals surface area contributed by atoms with Gasteiger partial charge in [0.05, 0.1) is 17.9 Å². The van der Waals surface area contributed by atoms with Gasteiger partial charge in [0.1, 0.15) is 15.8 Å². The third-order valence-electron chi connectivity index (χ3n) is 5.07. The van der Waals surface area contributed by atoms with Crippen LogP contribution in [0.5, 0.6) is 0 Å². The largest absolute Gasteiger partial charge is 0.327 e. The molecule has 3 aromatic rings. The minimum atomic E-state index is -2.97. The number of hydrogen-bond acceptors (Lipinski definition) is 5. The number of rotatable bonds is 4. The molecule has 3 heterocycles. The average molecular weight is 429 g/mol. The number of halogens is 4. The number of aromatic nitrogens is 3. The van der Waals surface area contributed by atoms with Gasteiger partial charge in [-0.1, -0.05) is 22.9 Å². The molecule has 2 N–H and O–H groups in total. The SMILES string of the molecule is N[C@@H]1CCCC(F)(F)[C@@H]1CC(=O)c1nc(-c2cnn3cc(F)ccc23)c(Cl)s1. The van der Waals surface area contributed by atoms with E-state index < -0.39 is 29.5 Å². The maximum Gasteiger partial charge on any atom is 0.252 e. The van der Waals surface area contributed by atoms with Crippen LogP contribution in [0.15, 0.2) is 24.5 Å². The number of hydrogen-bond donors (Lipinski definition) is 1. The van der Waals surface area contributed by atoms with Crippen LogP contribution in [0.1, 0.15) is 35.5 Å². The Labute approximate surface area is 167 Å². The Bertz CT molecular complexity index is 1050. The maximum atomic E-state index is 14.2. The standard InChI is InChI=1S/C18H16ClF3N4OS/c19-16-15(10-7-24-26-8-9(20)3-4-13(10)26)25-17(28-16)14(27)6-11-12(23)2-1-5-18(11,21)22/h3-4,7-8,11-12H,1-2,5-6,23H2/t11-,12-/m1/s1. The number of alkyl halides is 2. The van der Waals surface area contributed by atoms with Crippen molar-refractivity contribution in [3.8, 4) is 11.3 Å². The van der Waals surface area contributed by atoms with Crippen molar-refractivity contribution in [2.24, 2.45) is 11.7 Å². The maximum absolute atomic E-state index is 14.2. The molecule has 0 amide bonds. The van der Waals surface area contributed by atoms with Crippen molar-refractivity contribution < 1.29 is 18.0 Å². The molecule has 1 aliphatic rings. The van der Waals surface area contributed by atoms with Crippen molar-refractivity contribution in [1.82, 2.24) is 14.6 Å². The fraction of sp³-hybridized carbons (Fsp3) is 0.389. The van der Waals surface area contributed by atoms with Gasteiger partial charge in [0, 0.05) is 30.4 Å². The van der Waals surface area contributed by atoms with Crippen molar-refractivity contribution in [2.45, 2.75) is 37.6 Å². The lowest BCUT2D eigenvalue weighted by Crippen LogP contribution is -2.46. The zero-order valence-corrected chi connectivity index (χ0v) is 16.1. The third-order valence-corrected chi connectivity index (χ3v) is 6.37. The third kappa shape index (κ3) is 3.42. The molecule has 0 aromatic carbocycles. The van der Waals surface area contributed by atoms with Gasteiger partial charge in [0.25, 0.3) is 5.92 Å². The molecule has 0 spiro atoms. The summed E-state index contributed by atoms with van der Waals surface area (Å²) in [4.78, 5) is 16.9. The highest BCUT2D eigenvalue weighted by Crippen LogP contribution is 2.41. The summed E-state index contributed by atoms with van der Waals surface area (Å²) < 4.78 is 43.3. The Morgan fingerprint density at radius 3 is 2.96 bits per heavy atom. The lowest BCUT2D eigenvalue weighted by atomic mass is 9.79. The van der Waals surface area contributed by atoms with Gasteiger partial charge in [-0.25, -0.2) is 22.7 Å². The minimum Gasteiger partial charge on any atom is -0.327 e. The summed E-state index contributed by atoms with van der Waals surface area (Å²) in [5.74, 6) is -5.14. The van der Waals surface area contributed by atoms with E-state index in [1.165, 1.54) is 29.0 Å². The van der Waals surface area contributed by atoms with E-state index in [0.29, 0.717) is 29.6 Å². The first-order valence-electron chi connectivity index (χ1n) is 8.72. The molecule has 28 heavy (non-hydrogen) atoms. The molecule has 10 heteroatoms. The molecule has 0 unspecified atom stereocenters. The van der Waals surface area contributed by atoms with Gasteiger partial charge in [-0.2, -0.15) is 5.10 Å². The molecule has 148 valence electrons. The van der Waals surface area contributed by atoms with E-state index in [4.69, 9.17) is 17.3 Å². The lowest BCUT2D eigenvalue weighted by molar-refractivity contribution is -0.0923. The Balaban J connectivity index is 1.63. The first-order valence-corrected chi connectivity index (χ1v) is 9.92. The summed E-state index contributed by atoms with van der Waals surface area (Å²) in [6.07, 6.45) is 2.85. The zero-order chi connectivity index (χ0) is 20.1. The summed E-state index contributed by atoms with van der Waals surface area (Å²) in [5.41, 5.74) is 7.26. The number of nitrogens with two attached hydrogens (primary N) is 1. The second-order valence-electron chi connectivity index (χ2n) is 6.93. The quantitative estimate of drug-likeness (QED) is 0.617. The number of ketones is 1. The molecule has 1 saturated carbocycles. The molecular weight excluding hydrogens is 413 g/mol. The average Bonchev–Trinajstić information content (AvgIpc) is 3.20. The van der Waals surface area contributed by atoms with Crippen LogP contribution in [0.4, 0.5) is 13.2 Å². The molecule has 1 fully saturated rings. The number of fused-ring (bicyclic) bond motifs is 1. The first kappa shape index (κ1) is 19.4. The van der Waals surface area contributed by atoms with E-state index in [2.05, 4.69) is 10.1 Å². The predicted molar refractivity (Wildman–Crippen MR) is 100 cm³/mol. The molecule has 0 aliphatic heterocycles. The molecule has 1 aliphatic carbocycles. The van der Waals surface area contributed by atoms with E-state index in [1.807, 2.05) is 0 Å². The van der Waals surface area contributed by atoms with Crippen molar-refractivity contribution in [1.29, 1.82) is 0 Å². The normalized spacial score (nSPS) is 21.9. The van der Waals surface area contributed by atoms with Gasteiger partial charge in [-0.3, -0.25) is 4.79 Å². The number of carbonyl (C=O) groups is 1. The van der Waals surface area contributed by atoms with Gasteiger partial charge < -0.3 is 5.73 Å². The van der Waals surface area contributed by atoms with Crippen molar-refractivity contribution in [2.75, 3.05) is 0 Å². The van der Waals surface area contributed by atoms with Crippen LogP contribution >= 0.6 is 22.9 Å². The van der Waals surface area contributed by atoms with E-state index in [0.717, 1.165) is 11.3 Å². The predicted octanol–water partition coefficient (Wildman–Crippen LogP) is 4.59. The summed E-state index contributed by atoms with van der Waals surface area (Å²) in [6.45, 7) is 0. The monoisotopic (exact) mass is 428 g/mol. The molecule has 0 saturated heterocycles. The van der Waals surface area contributed by atoms with E-state index in [9.17, 15) is 18.0 Å². The number of pyridine rings is 1. The first-order chi connectivity index (χ1) is 13.3. The highest BCUT2D eigenvalue weighted by molar-refractivity contribution is 7.18. The number of thiazole rings is 1. The van der Waals surface area contributed by atoms with Crippen LogP contribution in [0.3, 0.4) is 0 Å². The Morgan fingerprint density at radius 1 is 1.43 bits per heavy atom.